The molecule has 0 saturated carbocycles. The van der Waals surface area contributed by atoms with E-state index in [4.69, 9.17) is 0 Å². The molecule has 0 aromatic carbocycles. The van der Waals surface area contributed by atoms with Gasteiger partial charge in [-0.2, -0.15) is 0 Å². The first-order chi connectivity index (χ1) is 8.75. The SMILES string of the molecule is COC(=O)c1sccc1NC(=O)CC(C)C(C)(C)C. The van der Waals surface area contributed by atoms with Crippen molar-refractivity contribution in [3.63, 3.8) is 0 Å². The Hall–Kier alpha value is -1.36. The average molecular weight is 283 g/mol. The number of carbonyl (C=O) groups is 2. The standard InChI is InChI=1S/C14H21NO3S/c1-9(14(2,3)4)8-11(16)15-10-6-7-19-12(10)13(17)18-5/h6-7,9H,8H2,1-5H3,(H,15,16). The number of thiophene rings is 1. The second-order valence-corrected chi connectivity index (χ2v) is 6.59. The lowest BCUT2D eigenvalue weighted by Crippen LogP contribution is -2.24. The summed E-state index contributed by atoms with van der Waals surface area (Å²) in [7, 11) is 1.33. The molecule has 1 aromatic rings. The fourth-order valence-electron chi connectivity index (χ4n) is 1.44. The van der Waals surface area contributed by atoms with E-state index in [2.05, 4.69) is 37.7 Å². The predicted octanol–water partition coefficient (Wildman–Crippen LogP) is 3.55. The zero-order valence-corrected chi connectivity index (χ0v) is 12.9. The van der Waals surface area contributed by atoms with E-state index in [9.17, 15) is 9.59 Å². The molecule has 0 aliphatic carbocycles. The Kier molecular flexibility index (Phi) is 5.11. The van der Waals surface area contributed by atoms with Gasteiger partial charge in [0.25, 0.3) is 0 Å². The molecule has 1 atom stereocenters. The Morgan fingerprint density at radius 2 is 2.05 bits per heavy atom. The van der Waals surface area contributed by atoms with Crippen LogP contribution in [0.15, 0.2) is 11.4 Å². The zero-order chi connectivity index (χ0) is 14.6. The molecule has 1 amide bonds. The summed E-state index contributed by atoms with van der Waals surface area (Å²) in [4.78, 5) is 23.9. The average Bonchev–Trinajstić information content (AvgIpc) is 2.74. The van der Waals surface area contributed by atoms with Crippen LogP contribution in [0.25, 0.3) is 0 Å². The molecule has 0 aliphatic heterocycles. The third-order valence-corrected chi connectivity index (χ3v) is 4.17. The summed E-state index contributed by atoms with van der Waals surface area (Å²) in [6.45, 7) is 8.37. The molecule has 5 heteroatoms. The molecule has 1 heterocycles. The molecule has 1 aromatic heterocycles. The largest absolute Gasteiger partial charge is 0.465 e. The van der Waals surface area contributed by atoms with E-state index < -0.39 is 5.97 Å². The van der Waals surface area contributed by atoms with E-state index in [1.807, 2.05) is 0 Å². The fourth-order valence-corrected chi connectivity index (χ4v) is 2.21. The molecule has 1 N–H and O–H groups in total. The second-order valence-electron chi connectivity index (χ2n) is 5.67. The van der Waals surface area contributed by atoms with Crippen LogP contribution in [0.1, 0.15) is 43.8 Å². The van der Waals surface area contributed by atoms with Gasteiger partial charge in [0.05, 0.1) is 12.8 Å². The lowest BCUT2D eigenvalue weighted by Gasteiger charge is -2.26. The summed E-state index contributed by atoms with van der Waals surface area (Å²) in [5.74, 6) is -0.243. The molecule has 0 radical (unpaired) electrons. The summed E-state index contributed by atoms with van der Waals surface area (Å²) in [6, 6.07) is 1.72. The van der Waals surface area contributed by atoms with Crippen molar-refractivity contribution in [1.29, 1.82) is 0 Å². The summed E-state index contributed by atoms with van der Waals surface area (Å²) in [5, 5.41) is 4.54. The van der Waals surface area contributed by atoms with Crippen LogP contribution in [0, 0.1) is 11.3 Å². The number of hydrogen-bond donors (Lipinski definition) is 1. The molecular formula is C14H21NO3S. The number of hydrogen-bond acceptors (Lipinski definition) is 4. The highest BCUT2D eigenvalue weighted by Gasteiger charge is 2.23. The van der Waals surface area contributed by atoms with Gasteiger partial charge in [0, 0.05) is 6.42 Å². The van der Waals surface area contributed by atoms with E-state index in [0.29, 0.717) is 17.0 Å². The quantitative estimate of drug-likeness (QED) is 0.860. The molecule has 0 spiro atoms. The number of methoxy groups -OCH3 is 1. The Labute approximate surface area is 118 Å². The number of ether oxygens (including phenoxy) is 1. The lowest BCUT2D eigenvalue weighted by atomic mass is 9.80. The van der Waals surface area contributed by atoms with Gasteiger partial charge in [-0.1, -0.05) is 27.7 Å². The van der Waals surface area contributed by atoms with Crippen LogP contribution in [0.2, 0.25) is 0 Å². The number of carbonyl (C=O) groups excluding carboxylic acids is 2. The topological polar surface area (TPSA) is 55.4 Å². The van der Waals surface area contributed by atoms with Gasteiger partial charge in [-0.25, -0.2) is 4.79 Å². The van der Waals surface area contributed by atoms with Crippen molar-refractivity contribution in [3.05, 3.63) is 16.3 Å². The molecule has 106 valence electrons. The number of rotatable bonds is 4. The normalized spacial score (nSPS) is 12.9. The van der Waals surface area contributed by atoms with Gasteiger partial charge in [-0.15, -0.1) is 11.3 Å². The molecule has 1 rings (SSSR count). The van der Waals surface area contributed by atoms with Gasteiger partial charge in [-0.3, -0.25) is 4.79 Å². The van der Waals surface area contributed by atoms with Crippen molar-refractivity contribution >= 4 is 28.9 Å². The highest BCUT2D eigenvalue weighted by atomic mass is 32.1. The summed E-state index contributed by atoms with van der Waals surface area (Å²) < 4.78 is 4.67. The first-order valence-electron chi connectivity index (χ1n) is 6.21. The van der Waals surface area contributed by atoms with Gasteiger partial charge in [0.15, 0.2) is 0 Å². The van der Waals surface area contributed by atoms with Gasteiger partial charge in [-0.05, 0) is 22.8 Å². The monoisotopic (exact) mass is 283 g/mol. The van der Waals surface area contributed by atoms with Crippen molar-refractivity contribution in [1.82, 2.24) is 0 Å². The van der Waals surface area contributed by atoms with Crippen LogP contribution >= 0.6 is 11.3 Å². The minimum Gasteiger partial charge on any atom is -0.465 e. The zero-order valence-electron chi connectivity index (χ0n) is 12.1. The van der Waals surface area contributed by atoms with Crippen LogP contribution in [0.4, 0.5) is 5.69 Å². The number of anilines is 1. The maximum atomic E-state index is 12.0. The number of amides is 1. The fraction of sp³-hybridized carbons (Fsp3) is 0.571. The first kappa shape index (κ1) is 15.7. The van der Waals surface area contributed by atoms with Gasteiger partial charge < -0.3 is 10.1 Å². The van der Waals surface area contributed by atoms with E-state index in [0.717, 1.165) is 0 Å². The predicted molar refractivity (Wildman–Crippen MR) is 77.5 cm³/mol. The van der Waals surface area contributed by atoms with E-state index in [-0.39, 0.29) is 17.2 Å². The maximum Gasteiger partial charge on any atom is 0.350 e. The summed E-state index contributed by atoms with van der Waals surface area (Å²) >= 11 is 1.26. The van der Waals surface area contributed by atoms with Crippen molar-refractivity contribution < 1.29 is 14.3 Å². The van der Waals surface area contributed by atoms with Gasteiger partial charge >= 0.3 is 5.97 Å². The van der Waals surface area contributed by atoms with Crippen molar-refractivity contribution in [2.45, 2.75) is 34.1 Å². The minimum atomic E-state index is -0.422. The number of nitrogens with one attached hydrogen (secondary N) is 1. The van der Waals surface area contributed by atoms with Gasteiger partial charge in [0.1, 0.15) is 4.88 Å². The molecule has 19 heavy (non-hydrogen) atoms. The Morgan fingerprint density at radius 3 is 2.58 bits per heavy atom. The van der Waals surface area contributed by atoms with Crippen LogP contribution in [0.3, 0.4) is 0 Å². The molecular weight excluding hydrogens is 262 g/mol. The molecule has 0 fully saturated rings. The summed E-state index contributed by atoms with van der Waals surface area (Å²) in [6.07, 6.45) is 0.431. The van der Waals surface area contributed by atoms with Gasteiger partial charge in [0.2, 0.25) is 5.91 Å². The Balaban J connectivity index is 2.68. The Bertz CT molecular complexity index is 460. The van der Waals surface area contributed by atoms with Crippen molar-refractivity contribution in [3.8, 4) is 0 Å². The molecule has 1 unspecified atom stereocenters. The number of esters is 1. The second kappa shape index (κ2) is 6.19. The molecule has 0 saturated heterocycles. The van der Waals surface area contributed by atoms with Crippen LogP contribution in [-0.2, 0) is 9.53 Å². The van der Waals surface area contributed by atoms with Crippen LogP contribution in [-0.4, -0.2) is 19.0 Å². The van der Waals surface area contributed by atoms with E-state index >= 15 is 0 Å². The third kappa shape index (κ3) is 4.35. The minimum absolute atomic E-state index is 0.0778. The van der Waals surface area contributed by atoms with E-state index in [1.165, 1.54) is 18.4 Å². The smallest absolute Gasteiger partial charge is 0.350 e. The third-order valence-electron chi connectivity index (χ3n) is 3.28. The maximum absolute atomic E-state index is 12.0. The highest BCUT2D eigenvalue weighted by Crippen LogP contribution is 2.29. The van der Waals surface area contributed by atoms with E-state index in [1.54, 1.807) is 11.4 Å². The Morgan fingerprint density at radius 1 is 1.42 bits per heavy atom. The lowest BCUT2D eigenvalue weighted by molar-refractivity contribution is -0.117. The molecule has 0 aliphatic rings. The van der Waals surface area contributed by atoms with Crippen LogP contribution < -0.4 is 5.32 Å². The highest BCUT2D eigenvalue weighted by molar-refractivity contribution is 7.12. The summed E-state index contributed by atoms with van der Waals surface area (Å²) in [5.41, 5.74) is 0.611. The molecule has 4 nitrogen and oxygen atoms in total. The molecule has 0 bridgehead atoms. The van der Waals surface area contributed by atoms with Crippen molar-refractivity contribution in [2.24, 2.45) is 11.3 Å². The van der Waals surface area contributed by atoms with Crippen molar-refractivity contribution in [2.75, 3.05) is 12.4 Å². The van der Waals surface area contributed by atoms with Crippen LogP contribution in [0.5, 0.6) is 0 Å². The first-order valence-corrected chi connectivity index (χ1v) is 7.09.